The van der Waals surface area contributed by atoms with Crippen LogP contribution in [-0.4, -0.2) is 37.7 Å². The predicted octanol–water partition coefficient (Wildman–Crippen LogP) is 2.36. The fraction of sp³-hybridized carbons (Fsp3) is 0.429. The lowest BCUT2D eigenvalue weighted by Gasteiger charge is -2.40. The van der Waals surface area contributed by atoms with Gasteiger partial charge in [-0.3, -0.25) is 0 Å². The summed E-state index contributed by atoms with van der Waals surface area (Å²) in [6.45, 7) is 3.95. The molecule has 1 aromatic rings. The molecule has 0 aliphatic carbocycles. The molecule has 3 rings (SSSR count). The molecule has 6 heteroatoms. The number of alkyl halides is 3. The standard InChI is InChI=1S/C14H16F3N3/c15-14(16,17)12-4-3-11-2-1-7-20(13(11)10-12)19-8-5-18-6-9-19/h1-4,10,18H,5-9H2. The first-order valence-electron chi connectivity index (χ1n) is 6.66. The topological polar surface area (TPSA) is 18.5 Å². The number of halogens is 3. The molecule has 2 aliphatic rings. The van der Waals surface area contributed by atoms with Crippen molar-refractivity contribution in [3.05, 3.63) is 35.4 Å². The SMILES string of the molecule is FC(F)(F)c1ccc2c(c1)N(N1CCNCC1)CC=C2. The Balaban J connectivity index is 1.95. The zero-order valence-corrected chi connectivity index (χ0v) is 11.0. The minimum atomic E-state index is -4.30. The number of nitrogens with one attached hydrogen (secondary N) is 1. The van der Waals surface area contributed by atoms with Crippen LogP contribution < -0.4 is 10.3 Å². The van der Waals surface area contributed by atoms with E-state index in [2.05, 4.69) is 10.3 Å². The van der Waals surface area contributed by atoms with Gasteiger partial charge in [0, 0.05) is 26.2 Å². The summed E-state index contributed by atoms with van der Waals surface area (Å²) in [7, 11) is 0. The quantitative estimate of drug-likeness (QED) is 0.853. The monoisotopic (exact) mass is 283 g/mol. The molecule has 0 radical (unpaired) electrons. The normalized spacial score (nSPS) is 20.1. The highest BCUT2D eigenvalue weighted by atomic mass is 19.4. The van der Waals surface area contributed by atoms with Crippen molar-refractivity contribution in [3.63, 3.8) is 0 Å². The van der Waals surface area contributed by atoms with Crippen LogP contribution in [0.2, 0.25) is 0 Å². The maximum atomic E-state index is 12.9. The second kappa shape index (κ2) is 5.10. The summed E-state index contributed by atoms with van der Waals surface area (Å²) in [6.07, 6.45) is -0.433. The molecule has 2 heterocycles. The molecular weight excluding hydrogens is 267 g/mol. The van der Waals surface area contributed by atoms with Gasteiger partial charge in [-0.15, -0.1) is 0 Å². The van der Waals surface area contributed by atoms with Gasteiger partial charge in [0.15, 0.2) is 0 Å². The van der Waals surface area contributed by atoms with Crippen molar-refractivity contribution < 1.29 is 13.2 Å². The molecule has 0 aromatic heterocycles. The summed E-state index contributed by atoms with van der Waals surface area (Å²) in [5, 5.41) is 7.31. The smallest absolute Gasteiger partial charge is 0.314 e. The van der Waals surface area contributed by atoms with Crippen LogP contribution in [0.5, 0.6) is 0 Å². The van der Waals surface area contributed by atoms with E-state index in [1.807, 2.05) is 17.2 Å². The van der Waals surface area contributed by atoms with Crippen LogP contribution in [0.4, 0.5) is 18.9 Å². The van der Waals surface area contributed by atoms with Gasteiger partial charge in [0.2, 0.25) is 0 Å². The Kier molecular flexibility index (Phi) is 3.43. The van der Waals surface area contributed by atoms with E-state index < -0.39 is 11.7 Å². The van der Waals surface area contributed by atoms with Crippen LogP contribution in [0.3, 0.4) is 0 Å². The van der Waals surface area contributed by atoms with Gasteiger partial charge in [0.25, 0.3) is 0 Å². The highest BCUT2D eigenvalue weighted by Crippen LogP contribution is 2.35. The molecule has 0 amide bonds. The minimum absolute atomic E-state index is 0.591. The Bertz CT molecular complexity index is 519. The molecule has 0 saturated carbocycles. The maximum absolute atomic E-state index is 12.9. The molecule has 1 aromatic carbocycles. The number of rotatable bonds is 1. The second-order valence-corrected chi connectivity index (χ2v) is 4.96. The predicted molar refractivity (Wildman–Crippen MR) is 72.3 cm³/mol. The van der Waals surface area contributed by atoms with Gasteiger partial charge in [-0.1, -0.05) is 18.2 Å². The van der Waals surface area contributed by atoms with Crippen LogP contribution in [0.15, 0.2) is 24.3 Å². The number of hydrogen-bond donors (Lipinski definition) is 1. The zero-order chi connectivity index (χ0) is 14.2. The number of benzene rings is 1. The Morgan fingerprint density at radius 3 is 2.55 bits per heavy atom. The van der Waals surface area contributed by atoms with Gasteiger partial charge in [0.05, 0.1) is 17.8 Å². The summed E-state index contributed by atoms with van der Waals surface area (Å²) >= 11 is 0. The molecule has 3 nitrogen and oxygen atoms in total. The van der Waals surface area contributed by atoms with Gasteiger partial charge < -0.3 is 10.3 Å². The highest BCUT2D eigenvalue weighted by Gasteiger charge is 2.32. The average molecular weight is 283 g/mol. The molecule has 1 saturated heterocycles. The first kappa shape index (κ1) is 13.5. The molecule has 108 valence electrons. The Morgan fingerprint density at radius 1 is 1.10 bits per heavy atom. The fourth-order valence-corrected chi connectivity index (χ4v) is 2.62. The Morgan fingerprint density at radius 2 is 1.85 bits per heavy atom. The fourth-order valence-electron chi connectivity index (χ4n) is 2.62. The van der Waals surface area contributed by atoms with Crippen LogP contribution in [0, 0.1) is 0 Å². The van der Waals surface area contributed by atoms with Crippen molar-refractivity contribution >= 4 is 11.8 Å². The summed E-state index contributed by atoms with van der Waals surface area (Å²) in [4.78, 5) is 0. The first-order valence-corrected chi connectivity index (χ1v) is 6.66. The van der Waals surface area contributed by atoms with E-state index in [1.54, 1.807) is 6.07 Å². The number of hydrazine groups is 1. The van der Waals surface area contributed by atoms with Gasteiger partial charge in [0.1, 0.15) is 0 Å². The van der Waals surface area contributed by atoms with Crippen LogP contribution >= 0.6 is 0 Å². The van der Waals surface area contributed by atoms with E-state index >= 15 is 0 Å². The van der Waals surface area contributed by atoms with Crippen molar-refractivity contribution in [3.8, 4) is 0 Å². The molecule has 0 bridgehead atoms. The van der Waals surface area contributed by atoms with Gasteiger partial charge in [-0.05, 0) is 17.7 Å². The first-order chi connectivity index (χ1) is 9.55. The van der Waals surface area contributed by atoms with Crippen molar-refractivity contribution in [1.29, 1.82) is 0 Å². The summed E-state index contributed by atoms with van der Waals surface area (Å²) < 4.78 is 38.6. The molecule has 1 fully saturated rings. The average Bonchev–Trinajstić information content (AvgIpc) is 2.46. The van der Waals surface area contributed by atoms with Crippen molar-refractivity contribution in [2.75, 3.05) is 37.7 Å². The van der Waals surface area contributed by atoms with E-state index in [0.29, 0.717) is 12.2 Å². The molecule has 20 heavy (non-hydrogen) atoms. The minimum Gasteiger partial charge on any atom is -0.314 e. The molecule has 2 aliphatic heterocycles. The maximum Gasteiger partial charge on any atom is 0.416 e. The molecule has 1 N–H and O–H groups in total. The molecule has 0 unspecified atom stereocenters. The lowest BCUT2D eigenvalue weighted by molar-refractivity contribution is -0.137. The number of fused-ring (bicyclic) bond motifs is 1. The van der Waals surface area contributed by atoms with Gasteiger partial charge >= 0.3 is 6.18 Å². The third kappa shape index (κ3) is 2.53. The van der Waals surface area contributed by atoms with E-state index in [-0.39, 0.29) is 0 Å². The molecular formula is C14H16F3N3. The van der Waals surface area contributed by atoms with Gasteiger partial charge in [-0.25, -0.2) is 5.01 Å². The Labute approximate surface area is 115 Å². The second-order valence-electron chi connectivity index (χ2n) is 4.96. The lowest BCUT2D eigenvalue weighted by atomic mass is 10.1. The van der Waals surface area contributed by atoms with E-state index in [0.717, 1.165) is 37.8 Å². The van der Waals surface area contributed by atoms with E-state index in [4.69, 9.17) is 0 Å². The van der Waals surface area contributed by atoms with Crippen molar-refractivity contribution in [1.82, 2.24) is 10.3 Å². The largest absolute Gasteiger partial charge is 0.416 e. The summed E-state index contributed by atoms with van der Waals surface area (Å²) in [5.74, 6) is 0. The number of nitrogens with zero attached hydrogens (tertiary/aromatic N) is 2. The third-order valence-corrected chi connectivity index (χ3v) is 3.65. The van der Waals surface area contributed by atoms with Crippen LogP contribution in [0.1, 0.15) is 11.1 Å². The van der Waals surface area contributed by atoms with Crippen molar-refractivity contribution in [2.45, 2.75) is 6.18 Å². The number of hydrogen-bond acceptors (Lipinski definition) is 3. The molecule has 0 spiro atoms. The lowest BCUT2D eigenvalue weighted by Crippen LogP contribution is -2.53. The number of piperazine rings is 1. The van der Waals surface area contributed by atoms with Crippen molar-refractivity contribution in [2.24, 2.45) is 0 Å². The summed E-state index contributed by atoms with van der Waals surface area (Å²) in [5.41, 5.74) is 0.888. The highest BCUT2D eigenvalue weighted by molar-refractivity contribution is 5.71. The van der Waals surface area contributed by atoms with Crippen LogP contribution in [-0.2, 0) is 6.18 Å². The number of anilines is 1. The molecule has 0 atom stereocenters. The van der Waals surface area contributed by atoms with E-state index in [1.165, 1.54) is 6.07 Å². The van der Waals surface area contributed by atoms with E-state index in [9.17, 15) is 13.2 Å². The third-order valence-electron chi connectivity index (χ3n) is 3.65. The van der Waals surface area contributed by atoms with Gasteiger partial charge in [-0.2, -0.15) is 13.2 Å². The summed E-state index contributed by atoms with van der Waals surface area (Å²) in [6, 6.07) is 3.94. The van der Waals surface area contributed by atoms with Crippen LogP contribution in [0.25, 0.3) is 6.08 Å². The Hall–Kier alpha value is -1.53. The zero-order valence-electron chi connectivity index (χ0n) is 11.0.